The number of carbonyl (C=O) groups is 1. The van der Waals surface area contributed by atoms with Crippen molar-refractivity contribution < 1.29 is 13.2 Å². The molecule has 1 fully saturated rings. The molecule has 1 aromatic rings. The molecule has 2 rings (SSSR count). The number of hydrogen-bond acceptors (Lipinski definition) is 4. The topological polar surface area (TPSA) is 66.5 Å². The van der Waals surface area contributed by atoms with Crippen molar-refractivity contribution in [2.75, 3.05) is 13.1 Å². The van der Waals surface area contributed by atoms with Gasteiger partial charge in [0.15, 0.2) is 0 Å². The fraction of sp³-hybridized carbons (Fsp3) is 0.667. The third kappa shape index (κ3) is 4.54. The molecule has 7 heteroatoms. The number of sulfonamides is 1. The highest BCUT2D eigenvalue weighted by atomic mass is 32.2. The lowest BCUT2D eigenvalue weighted by Crippen LogP contribution is -2.40. The van der Waals surface area contributed by atoms with E-state index in [0.717, 1.165) is 50.1 Å². The van der Waals surface area contributed by atoms with Crippen molar-refractivity contribution in [2.24, 2.45) is 0 Å². The number of thiophene rings is 1. The summed E-state index contributed by atoms with van der Waals surface area (Å²) in [6, 6.07) is 1.49. The minimum atomic E-state index is -3.57. The molecule has 0 atom stereocenters. The first-order valence-electron chi connectivity index (χ1n) is 7.61. The molecule has 0 spiro atoms. The second-order valence-corrected chi connectivity index (χ2v) is 9.54. The van der Waals surface area contributed by atoms with Crippen molar-refractivity contribution in [2.45, 2.75) is 56.2 Å². The summed E-state index contributed by atoms with van der Waals surface area (Å²) in [7, 11) is -3.57. The molecular weight excluding hydrogens is 320 g/mol. The second-order valence-electron chi connectivity index (χ2n) is 6.72. The lowest BCUT2D eigenvalue weighted by atomic mass is 10.1. The molecule has 1 aromatic heterocycles. The van der Waals surface area contributed by atoms with E-state index in [9.17, 15) is 13.2 Å². The fourth-order valence-corrected chi connectivity index (χ4v) is 5.05. The Hall–Kier alpha value is -0.920. The number of carbonyl (C=O) groups excluding carboxylic acids is 1. The van der Waals surface area contributed by atoms with Gasteiger partial charge in [0.05, 0.1) is 5.56 Å². The van der Waals surface area contributed by atoms with E-state index in [-0.39, 0.29) is 10.1 Å². The van der Waals surface area contributed by atoms with Crippen LogP contribution in [0.5, 0.6) is 0 Å². The molecular formula is C15H24N2O3S2. The highest BCUT2D eigenvalue weighted by Crippen LogP contribution is 2.23. The van der Waals surface area contributed by atoms with E-state index in [1.807, 2.05) is 4.90 Å². The summed E-state index contributed by atoms with van der Waals surface area (Å²) in [6.07, 6.45) is 4.35. The Balaban J connectivity index is 2.15. The maximum absolute atomic E-state index is 12.5. The van der Waals surface area contributed by atoms with Crippen LogP contribution in [0.15, 0.2) is 15.7 Å². The third-order valence-corrected chi connectivity index (χ3v) is 6.62. The van der Waals surface area contributed by atoms with Gasteiger partial charge in [0.25, 0.3) is 15.9 Å². The normalized spacial score (nSPS) is 17.3. The van der Waals surface area contributed by atoms with E-state index in [1.165, 1.54) is 6.07 Å². The molecule has 1 saturated heterocycles. The number of hydrogen-bond donors (Lipinski definition) is 1. The molecule has 1 amide bonds. The third-order valence-electron chi connectivity index (χ3n) is 3.42. The highest BCUT2D eigenvalue weighted by Gasteiger charge is 2.26. The van der Waals surface area contributed by atoms with Crippen molar-refractivity contribution in [1.29, 1.82) is 0 Å². The van der Waals surface area contributed by atoms with Crippen LogP contribution in [0.1, 0.15) is 56.8 Å². The Morgan fingerprint density at radius 1 is 1.18 bits per heavy atom. The summed E-state index contributed by atoms with van der Waals surface area (Å²) < 4.78 is 27.4. The van der Waals surface area contributed by atoms with Crippen molar-refractivity contribution in [1.82, 2.24) is 9.62 Å². The monoisotopic (exact) mass is 344 g/mol. The van der Waals surface area contributed by atoms with E-state index in [0.29, 0.717) is 5.56 Å². The lowest BCUT2D eigenvalue weighted by molar-refractivity contribution is 0.0762. The summed E-state index contributed by atoms with van der Waals surface area (Å²) in [4.78, 5) is 14.3. The molecule has 1 aliphatic heterocycles. The lowest BCUT2D eigenvalue weighted by Gasteiger charge is -2.20. The standard InChI is InChI=1S/C15H24N2O3S2/c1-15(2,3)16-22(19,20)13-10-12(11-21-13)14(18)17-8-6-4-5-7-9-17/h10-11,16H,4-9H2,1-3H3. The number of nitrogens with zero attached hydrogens (tertiary/aromatic N) is 1. The molecule has 2 heterocycles. The zero-order chi connectivity index (χ0) is 16.4. The molecule has 0 unspecified atom stereocenters. The van der Waals surface area contributed by atoms with Crippen LogP contribution in [0.2, 0.25) is 0 Å². The van der Waals surface area contributed by atoms with Gasteiger partial charge in [-0.3, -0.25) is 4.79 Å². The van der Waals surface area contributed by atoms with Crippen molar-refractivity contribution in [3.63, 3.8) is 0 Å². The quantitative estimate of drug-likeness (QED) is 0.917. The smallest absolute Gasteiger partial charge is 0.254 e. The number of amides is 1. The first-order valence-corrected chi connectivity index (χ1v) is 9.97. The number of rotatable bonds is 3. The first-order chi connectivity index (χ1) is 10.2. The van der Waals surface area contributed by atoms with Crippen molar-refractivity contribution in [3.05, 3.63) is 17.0 Å². The Morgan fingerprint density at radius 2 is 1.77 bits per heavy atom. The molecule has 22 heavy (non-hydrogen) atoms. The van der Waals surface area contributed by atoms with E-state index in [2.05, 4.69) is 4.72 Å². The molecule has 124 valence electrons. The SMILES string of the molecule is CC(C)(C)NS(=O)(=O)c1cc(C(=O)N2CCCCCC2)cs1. The van der Waals surface area contributed by atoms with Crippen LogP contribution in [-0.2, 0) is 10.0 Å². The molecule has 0 radical (unpaired) electrons. The Kier molecular flexibility index (Phi) is 5.29. The van der Waals surface area contributed by atoms with Crippen LogP contribution in [0, 0.1) is 0 Å². The van der Waals surface area contributed by atoms with Gasteiger partial charge in [0.2, 0.25) is 0 Å². The van der Waals surface area contributed by atoms with E-state index >= 15 is 0 Å². The minimum absolute atomic E-state index is 0.0599. The number of likely N-dealkylation sites (tertiary alicyclic amines) is 1. The Bertz CT molecular complexity index is 621. The molecule has 1 N–H and O–H groups in total. The van der Waals surface area contributed by atoms with Crippen LogP contribution in [-0.4, -0.2) is 37.9 Å². The van der Waals surface area contributed by atoms with Gasteiger partial charge in [0.1, 0.15) is 4.21 Å². The molecule has 0 bridgehead atoms. The summed E-state index contributed by atoms with van der Waals surface area (Å²) in [5, 5.41) is 1.64. The zero-order valence-electron chi connectivity index (χ0n) is 13.4. The summed E-state index contributed by atoms with van der Waals surface area (Å²) >= 11 is 1.10. The Labute approximate surface area is 136 Å². The molecule has 0 aliphatic carbocycles. The predicted octanol–water partition coefficient (Wildman–Crippen LogP) is 2.84. The van der Waals surface area contributed by atoms with Gasteiger partial charge in [-0.05, 0) is 39.7 Å². The number of nitrogens with one attached hydrogen (secondary N) is 1. The van der Waals surface area contributed by atoms with E-state index < -0.39 is 15.6 Å². The molecule has 5 nitrogen and oxygen atoms in total. The average Bonchev–Trinajstić information content (AvgIpc) is 2.73. The largest absolute Gasteiger partial charge is 0.339 e. The minimum Gasteiger partial charge on any atom is -0.339 e. The van der Waals surface area contributed by atoms with Crippen LogP contribution >= 0.6 is 11.3 Å². The van der Waals surface area contributed by atoms with Crippen molar-refractivity contribution >= 4 is 27.3 Å². The van der Waals surface area contributed by atoms with Gasteiger partial charge in [-0.25, -0.2) is 13.1 Å². The zero-order valence-corrected chi connectivity index (χ0v) is 15.0. The van der Waals surface area contributed by atoms with Gasteiger partial charge in [-0.1, -0.05) is 12.8 Å². The van der Waals surface area contributed by atoms with Crippen LogP contribution in [0.3, 0.4) is 0 Å². The van der Waals surface area contributed by atoms with Crippen LogP contribution < -0.4 is 4.72 Å². The molecule has 1 aliphatic rings. The van der Waals surface area contributed by atoms with Gasteiger partial charge in [0, 0.05) is 24.0 Å². The fourth-order valence-electron chi connectivity index (χ4n) is 2.48. The molecule has 0 saturated carbocycles. The van der Waals surface area contributed by atoms with E-state index in [4.69, 9.17) is 0 Å². The van der Waals surface area contributed by atoms with Crippen LogP contribution in [0.25, 0.3) is 0 Å². The maximum atomic E-state index is 12.5. The predicted molar refractivity (Wildman–Crippen MR) is 88.8 cm³/mol. The van der Waals surface area contributed by atoms with E-state index in [1.54, 1.807) is 26.2 Å². The van der Waals surface area contributed by atoms with Gasteiger partial charge >= 0.3 is 0 Å². The van der Waals surface area contributed by atoms with Crippen molar-refractivity contribution in [3.8, 4) is 0 Å². The summed E-state index contributed by atoms with van der Waals surface area (Å²) in [5.41, 5.74) is -0.0705. The summed E-state index contributed by atoms with van der Waals surface area (Å²) in [6.45, 7) is 6.90. The maximum Gasteiger partial charge on any atom is 0.254 e. The van der Waals surface area contributed by atoms with Crippen LogP contribution in [0.4, 0.5) is 0 Å². The van der Waals surface area contributed by atoms with Gasteiger partial charge < -0.3 is 4.90 Å². The van der Waals surface area contributed by atoms with Gasteiger partial charge in [-0.15, -0.1) is 11.3 Å². The summed E-state index contributed by atoms with van der Waals surface area (Å²) in [5.74, 6) is -0.0599. The molecule has 0 aromatic carbocycles. The average molecular weight is 345 g/mol. The Morgan fingerprint density at radius 3 is 2.32 bits per heavy atom. The van der Waals surface area contributed by atoms with Gasteiger partial charge in [-0.2, -0.15) is 0 Å². The highest BCUT2D eigenvalue weighted by molar-refractivity contribution is 7.91. The first kappa shape index (κ1) is 17.4. The second kappa shape index (κ2) is 6.68.